The van der Waals surface area contributed by atoms with Gasteiger partial charge in [-0.1, -0.05) is 24.3 Å². The van der Waals surface area contributed by atoms with Crippen LogP contribution in [0.15, 0.2) is 30.3 Å². The topological polar surface area (TPSA) is 35.8 Å². The van der Waals surface area contributed by atoms with E-state index in [1.54, 1.807) is 0 Å². The van der Waals surface area contributed by atoms with Crippen LogP contribution < -0.4 is 5.32 Å². The second-order valence-electron chi connectivity index (χ2n) is 4.18. The van der Waals surface area contributed by atoms with Crippen molar-refractivity contribution in [2.45, 2.75) is 12.8 Å². The fourth-order valence-electron chi connectivity index (χ4n) is 1.95. The van der Waals surface area contributed by atoms with Gasteiger partial charge in [0.2, 0.25) is 0 Å². The number of nitrogens with zero attached hydrogens (tertiary/aromatic N) is 1. The lowest BCUT2D eigenvalue weighted by molar-refractivity contribution is 0.438. The molecule has 0 unspecified atom stereocenters. The van der Waals surface area contributed by atoms with Crippen molar-refractivity contribution < 1.29 is 0 Å². The highest BCUT2D eigenvalue weighted by Gasteiger charge is 2.08. The molecule has 2 nitrogen and oxygen atoms in total. The van der Waals surface area contributed by atoms with Gasteiger partial charge < -0.3 is 5.32 Å². The smallest absolute Gasteiger partial charge is 0.0991 e. The Labute approximate surface area is 109 Å². The van der Waals surface area contributed by atoms with Crippen LogP contribution >= 0.6 is 12.4 Å². The average molecular weight is 249 g/mol. The van der Waals surface area contributed by atoms with Crippen LogP contribution in [0.25, 0.3) is 6.08 Å². The molecule has 0 aromatic heterocycles. The lowest BCUT2D eigenvalue weighted by Gasteiger charge is -2.19. The first-order chi connectivity index (χ1) is 7.88. The fraction of sp³-hybridized carbons (Fsp3) is 0.357. The van der Waals surface area contributed by atoms with E-state index in [9.17, 15) is 0 Å². The monoisotopic (exact) mass is 248 g/mol. The van der Waals surface area contributed by atoms with Gasteiger partial charge in [0.25, 0.3) is 0 Å². The summed E-state index contributed by atoms with van der Waals surface area (Å²) >= 11 is 0. The van der Waals surface area contributed by atoms with E-state index >= 15 is 0 Å². The maximum atomic E-state index is 8.69. The number of rotatable bonds is 2. The van der Waals surface area contributed by atoms with Crippen LogP contribution in [0.1, 0.15) is 24.0 Å². The first-order valence-electron chi connectivity index (χ1n) is 5.77. The van der Waals surface area contributed by atoms with E-state index in [2.05, 4.69) is 23.5 Å². The predicted molar refractivity (Wildman–Crippen MR) is 73.0 cm³/mol. The van der Waals surface area contributed by atoms with E-state index in [4.69, 9.17) is 5.26 Å². The van der Waals surface area contributed by atoms with E-state index < -0.39 is 0 Å². The van der Waals surface area contributed by atoms with E-state index in [1.807, 2.05) is 24.3 Å². The number of hydrogen-bond acceptors (Lipinski definition) is 2. The summed E-state index contributed by atoms with van der Waals surface area (Å²) in [4.78, 5) is 0. The maximum Gasteiger partial charge on any atom is 0.0991 e. The Kier molecular flexibility index (Phi) is 5.76. The molecule has 0 bridgehead atoms. The lowest BCUT2D eigenvalue weighted by atomic mass is 9.97. The number of allylic oxidation sites excluding steroid dienone is 1. The van der Waals surface area contributed by atoms with Gasteiger partial charge in [-0.05, 0) is 49.5 Å². The molecule has 1 N–H and O–H groups in total. The number of nitriles is 1. The fourth-order valence-corrected chi connectivity index (χ4v) is 1.95. The van der Waals surface area contributed by atoms with Crippen LogP contribution in [0.2, 0.25) is 0 Å². The molecule has 0 radical (unpaired) electrons. The molecule has 90 valence electrons. The number of halogens is 1. The van der Waals surface area contributed by atoms with Gasteiger partial charge in [-0.2, -0.15) is 5.26 Å². The standard InChI is InChI=1S/C14H16N2.ClH/c15-11-14-5-3-12(4-6-14)1-2-13-7-9-16-10-8-13;/h1-6,13,16H,7-10H2;1H. The summed E-state index contributed by atoms with van der Waals surface area (Å²) in [5, 5.41) is 12.0. The molecule has 17 heavy (non-hydrogen) atoms. The predicted octanol–water partition coefficient (Wildman–Crippen LogP) is 2.99. The summed E-state index contributed by atoms with van der Waals surface area (Å²) in [6.45, 7) is 2.25. The third kappa shape index (κ3) is 4.22. The number of hydrogen-bond donors (Lipinski definition) is 1. The minimum absolute atomic E-state index is 0. The Bertz CT molecular complexity index is 397. The summed E-state index contributed by atoms with van der Waals surface area (Å²) < 4.78 is 0. The van der Waals surface area contributed by atoms with Crippen LogP contribution in [-0.4, -0.2) is 13.1 Å². The van der Waals surface area contributed by atoms with Crippen LogP contribution in [0.4, 0.5) is 0 Å². The molecule has 1 aliphatic rings. The third-order valence-corrected chi connectivity index (χ3v) is 2.98. The molecular formula is C14H17ClN2. The van der Waals surface area contributed by atoms with Crippen LogP contribution in [0, 0.1) is 17.2 Å². The molecule has 1 saturated heterocycles. The van der Waals surface area contributed by atoms with Crippen molar-refractivity contribution in [3.63, 3.8) is 0 Å². The normalized spacial score (nSPS) is 16.4. The van der Waals surface area contributed by atoms with Crippen LogP contribution in [-0.2, 0) is 0 Å². The Balaban J connectivity index is 0.00000144. The van der Waals surface area contributed by atoms with Gasteiger partial charge in [0.1, 0.15) is 0 Å². The van der Waals surface area contributed by atoms with Crippen molar-refractivity contribution >= 4 is 18.5 Å². The number of benzene rings is 1. The Hall–Kier alpha value is -1.30. The second kappa shape index (κ2) is 7.11. The molecule has 2 rings (SSSR count). The Morgan fingerprint density at radius 1 is 1.18 bits per heavy atom. The summed E-state index contributed by atoms with van der Waals surface area (Å²) in [5.41, 5.74) is 1.90. The Morgan fingerprint density at radius 3 is 2.41 bits per heavy atom. The van der Waals surface area contributed by atoms with Crippen molar-refractivity contribution in [2.75, 3.05) is 13.1 Å². The van der Waals surface area contributed by atoms with Gasteiger partial charge >= 0.3 is 0 Å². The molecule has 0 saturated carbocycles. The van der Waals surface area contributed by atoms with Gasteiger partial charge in [-0.15, -0.1) is 12.4 Å². The first kappa shape index (κ1) is 13.8. The van der Waals surface area contributed by atoms with Gasteiger partial charge in [0, 0.05) is 0 Å². The van der Waals surface area contributed by atoms with Gasteiger partial charge in [0.15, 0.2) is 0 Å². The quantitative estimate of drug-likeness (QED) is 0.874. The van der Waals surface area contributed by atoms with Gasteiger partial charge in [-0.3, -0.25) is 0 Å². The van der Waals surface area contributed by atoms with E-state index in [0.29, 0.717) is 5.92 Å². The van der Waals surface area contributed by atoms with E-state index in [1.165, 1.54) is 18.4 Å². The summed E-state index contributed by atoms with van der Waals surface area (Å²) in [7, 11) is 0. The maximum absolute atomic E-state index is 8.69. The SMILES string of the molecule is Cl.N#Cc1ccc(C=CC2CCNCC2)cc1. The summed E-state index contributed by atoms with van der Waals surface area (Å²) in [5.74, 6) is 0.705. The molecule has 0 amide bonds. The first-order valence-corrected chi connectivity index (χ1v) is 5.77. The van der Waals surface area contributed by atoms with Crippen molar-refractivity contribution in [3.05, 3.63) is 41.5 Å². The summed E-state index contributed by atoms with van der Waals surface area (Å²) in [6.07, 6.45) is 6.92. The highest BCUT2D eigenvalue weighted by molar-refractivity contribution is 5.85. The van der Waals surface area contributed by atoms with Crippen molar-refractivity contribution in [2.24, 2.45) is 5.92 Å². The molecule has 0 atom stereocenters. The van der Waals surface area contributed by atoms with E-state index in [0.717, 1.165) is 18.7 Å². The molecule has 1 heterocycles. The van der Waals surface area contributed by atoms with E-state index in [-0.39, 0.29) is 12.4 Å². The molecule has 1 aromatic rings. The minimum Gasteiger partial charge on any atom is -0.317 e. The lowest BCUT2D eigenvalue weighted by Crippen LogP contribution is -2.26. The summed E-state index contributed by atoms with van der Waals surface area (Å²) in [6, 6.07) is 9.85. The second-order valence-corrected chi connectivity index (χ2v) is 4.18. The number of nitrogens with one attached hydrogen (secondary N) is 1. The van der Waals surface area contributed by atoms with Crippen LogP contribution in [0.3, 0.4) is 0 Å². The van der Waals surface area contributed by atoms with Crippen molar-refractivity contribution in [1.82, 2.24) is 5.32 Å². The molecule has 0 spiro atoms. The molecular weight excluding hydrogens is 232 g/mol. The molecule has 1 aromatic carbocycles. The van der Waals surface area contributed by atoms with Crippen molar-refractivity contribution in [3.8, 4) is 6.07 Å². The zero-order chi connectivity index (χ0) is 11.2. The molecule has 0 aliphatic carbocycles. The zero-order valence-electron chi connectivity index (χ0n) is 9.73. The highest BCUT2D eigenvalue weighted by atomic mass is 35.5. The molecule has 3 heteroatoms. The third-order valence-electron chi connectivity index (χ3n) is 2.98. The Morgan fingerprint density at radius 2 is 1.82 bits per heavy atom. The molecule has 1 fully saturated rings. The van der Waals surface area contributed by atoms with Crippen molar-refractivity contribution in [1.29, 1.82) is 5.26 Å². The largest absolute Gasteiger partial charge is 0.317 e. The zero-order valence-corrected chi connectivity index (χ0v) is 10.5. The number of piperidine rings is 1. The average Bonchev–Trinajstić information content (AvgIpc) is 2.38. The van der Waals surface area contributed by atoms with Crippen LogP contribution in [0.5, 0.6) is 0 Å². The minimum atomic E-state index is 0. The molecule has 1 aliphatic heterocycles. The highest BCUT2D eigenvalue weighted by Crippen LogP contribution is 2.15. The van der Waals surface area contributed by atoms with Gasteiger partial charge in [-0.25, -0.2) is 0 Å². The van der Waals surface area contributed by atoms with Gasteiger partial charge in [0.05, 0.1) is 11.6 Å².